The molecule has 2 aliphatic rings. The molecule has 0 radical (unpaired) electrons. The number of aryl methyl sites for hydroxylation is 1. The molecule has 2 aliphatic heterocycles. The minimum absolute atomic E-state index is 0.387. The zero-order valence-electron chi connectivity index (χ0n) is 17.0. The van der Waals surface area contributed by atoms with Crippen LogP contribution in [0.15, 0.2) is 24.3 Å². The third-order valence-electron chi connectivity index (χ3n) is 5.54. The molecule has 0 aromatic heterocycles. The Balaban J connectivity index is 1.70. The molecule has 11 heteroatoms. The van der Waals surface area contributed by atoms with Crippen molar-refractivity contribution >= 4 is 0 Å². The molecular formula is C20H30O11. The molecule has 2 saturated heterocycles. The second-order valence-electron chi connectivity index (χ2n) is 7.62. The maximum atomic E-state index is 10.6. The third kappa shape index (κ3) is 5.17. The number of aliphatic hydroxyl groups excluding tert-OH is 7. The smallest absolute Gasteiger partial charge is 0.229 e. The van der Waals surface area contributed by atoms with Gasteiger partial charge in [-0.1, -0.05) is 19.1 Å². The number of aliphatic hydroxyl groups is 7. The van der Waals surface area contributed by atoms with Crippen LogP contribution in [0.2, 0.25) is 0 Å². The van der Waals surface area contributed by atoms with E-state index in [9.17, 15) is 35.7 Å². The molecule has 0 amide bonds. The van der Waals surface area contributed by atoms with Gasteiger partial charge in [0.2, 0.25) is 6.29 Å². The predicted molar refractivity (Wildman–Crippen MR) is 103 cm³/mol. The average molecular weight is 446 g/mol. The van der Waals surface area contributed by atoms with Crippen LogP contribution in [0.3, 0.4) is 0 Å². The molecule has 0 aliphatic carbocycles. The molecule has 0 spiro atoms. The lowest BCUT2D eigenvalue weighted by Crippen LogP contribution is -2.65. The first-order chi connectivity index (χ1) is 14.8. The molecule has 1 aromatic rings. The first kappa shape index (κ1) is 24.3. The number of rotatable bonds is 7. The van der Waals surface area contributed by atoms with E-state index in [0.717, 1.165) is 12.0 Å². The van der Waals surface area contributed by atoms with E-state index in [1.807, 2.05) is 19.1 Å². The molecular weight excluding hydrogens is 416 g/mol. The standard InChI is InChI=1S/C20H30O11/c1-2-9-3-5-10(6-4-9)28-19-17(27)15(25)18(12(8-22)30-19)31-20-16(26)14(24)13(23)11(7-21)29-20/h3-6,11-27H,2,7-8H2,1H3. The fraction of sp³-hybridized carbons (Fsp3) is 0.700. The molecule has 0 bridgehead atoms. The summed E-state index contributed by atoms with van der Waals surface area (Å²) in [7, 11) is 0. The van der Waals surface area contributed by atoms with Crippen LogP contribution < -0.4 is 4.74 Å². The van der Waals surface area contributed by atoms with Gasteiger partial charge in [-0.15, -0.1) is 0 Å². The van der Waals surface area contributed by atoms with E-state index in [-0.39, 0.29) is 0 Å². The maximum absolute atomic E-state index is 10.6. The van der Waals surface area contributed by atoms with Gasteiger partial charge in [0, 0.05) is 0 Å². The highest BCUT2D eigenvalue weighted by Crippen LogP contribution is 2.30. The van der Waals surface area contributed by atoms with Crippen molar-refractivity contribution in [3.8, 4) is 5.75 Å². The van der Waals surface area contributed by atoms with Crippen LogP contribution in [-0.2, 0) is 20.6 Å². The zero-order chi connectivity index (χ0) is 22.7. The Bertz CT molecular complexity index is 682. The topological polar surface area (TPSA) is 179 Å². The van der Waals surface area contributed by atoms with E-state index in [0.29, 0.717) is 5.75 Å². The Labute approximate surface area is 179 Å². The molecule has 10 atom stereocenters. The first-order valence-corrected chi connectivity index (χ1v) is 10.1. The second kappa shape index (κ2) is 10.5. The highest BCUT2D eigenvalue weighted by Gasteiger charge is 2.51. The number of hydrogen-bond donors (Lipinski definition) is 7. The zero-order valence-corrected chi connectivity index (χ0v) is 17.0. The second-order valence-corrected chi connectivity index (χ2v) is 7.62. The fourth-order valence-electron chi connectivity index (χ4n) is 3.59. The van der Waals surface area contributed by atoms with Crippen molar-refractivity contribution in [3.05, 3.63) is 29.8 Å². The van der Waals surface area contributed by atoms with Crippen LogP contribution >= 0.6 is 0 Å². The van der Waals surface area contributed by atoms with E-state index in [1.54, 1.807) is 12.1 Å². The Morgan fingerprint density at radius 2 is 1.32 bits per heavy atom. The average Bonchev–Trinajstić information content (AvgIpc) is 2.79. The minimum Gasteiger partial charge on any atom is -0.462 e. The van der Waals surface area contributed by atoms with Gasteiger partial charge in [0.1, 0.15) is 54.6 Å². The predicted octanol–water partition coefficient (Wildman–Crippen LogP) is -2.75. The van der Waals surface area contributed by atoms with E-state index in [2.05, 4.69) is 0 Å². The van der Waals surface area contributed by atoms with Gasteiger partial charge < -0.3 is 54.7 Å². The first-order valence-electron chi connectivity index (χ1n) is 10.1. The van der Waals surface area contributed by atoms with Gasteiger partial charge in [-0.3, -0.25) is 0 Å². The summed E-state index contributed by atoms with van der Waals surface area (Å²) in [5.41, 5.74) is 1.08. The Morgan fingerprint density at radius 3 is 1.90 bits per heavy atom. The molecule has 176 valence electrons. The van der Waals surface area contributed by atoms with Gasteiger partial charge in [0.25, 0.3) is 0 Å². The largest absolute Gasteiger partial charge is 0.462 e. The fourth-order valence-corrected chi connectivity index (χ4v) is 3.59. The lowest BCUT2D eigenvalue weighted by Gasteiger charge is -2.45. The summed E-state index contributed by atoms with van der Waals surface area (Å²) in [6.07, 6.45) is -14.0. The van der Waals surface area contributed by atoms with Gasteiger partial charge >= 0.3 is 0 Å². The number of hydrogen-bond acceptors (Lipinski definition) is 11. The van der Waals surface area contributed by atoms with Gasteiger partial charge in [-0.05, 0) is 24.1 Å². The van der Waals surface area contributed by atoms with Crippen molar-refractivity contribution in [2.45, 2.75) is 74.8 Å². The van der Waals surface area contributed by atoms with Gasteiger partial charge in [-0.25, -0.2) is 0 Å². The maximum Gasteiger partial charge on any atom is 0.229 e. The van der Waals surface area contributed by atoms with Crippen molar-refractivity contribution < 1.29 is 54.7 Å². The van der Waals surface area contributed by atoms with Gasteiger partial charge in [0.15, 0.2) is 6.29 Å². The Morgan fingerprint density at radius 1 is 0.742 bits per heavy atom. The summed E-state index contributed by atoms with van der Waals surface area (Å²) in [5, 5.41) is 70.0. The Kier molecular flexibility index (Phi) is 8.21. The van der Waals surface area contributed by atoms with Crippen LogP contribution in [0.5, 0.6) is 5.75 Å². The van der Waals surface area contributed by atoms with E-state index in [1.165, 1.54) is 0 Å². The molecule has 31 heavy (non-hydrogen) atoms. The molecule has 3 rings (SSSR count). The van der Waals surface area contributed by atoms with Crippen LogP contribution in [0.4, 0.5) is 0 Å². The van der Waals surface area contributed by atoms with Crippen molar-refractivity contribution in [2.24, 2.45) is 0 Å². The summed E-state index contributed by atoms with van der Waals surface area (Å²) in [6.45, 7) is 0.718. The monoisotopic (exact) mass is 446 g/mol. The molecule has 2 fully saturated rings. The molecule has 7 N–H and O–H groups in total. The summed E-state index contributed by atoms with van der Waals surface area (Å²) in [6, 6.07) is 7.06. The van der Waals surface area contributed by atoms with Crippen LogP contribution in [0, 0.1) is 0 Å². The van der Waals surface area contributed by atoms with Crippen molar-refractivity contribution in [3.63, 3.8) is 0 Å². The van der Waals surface area contributed by atoms with Crippen LogP contribution in [0.1, 0.15) is 12.5 Å². The molecule has 1 aromatic carbocycles. The van der Waals surface area contributed by atoms with E-state index in [4.69, 9.17) is 18.9 Å². The van der Waals surface area contributed by atoms with E-state index < -0.39 is 74.6 Å². The minimum atomic E-state index is -1.72. The van der Waals surface area contributed by atoms with Crippen molar-refractivity contribution in [2.75, 3.05) is 13.2 Å². The summed E-state index contributed by atoms with van der Waals surface area (Å²) in [4.78, 5) is 0. The summed E-state index contributed by atoms with van der Waals surface area (Å²) < 4.78 is 21.9. The van der Waals surface area contributed by atoms with E-state index >= 15 is 0 Å². The summed E-state index contributed by atoms with van der Waals surface area (Å²) in [5.74, 6) is 0.387. The SMILES string of the molecule is CCc1ccc(OC2OC(CO)C(OC3OC(CO)C(O)C(O)C3O)C(O)C2O)cc1. The third-order valence-corrected chi connectivity index (χ3v) is 5.54. The van der Waals surface area contributed by atoms with Crippen LogP contribution in [-0.4, -0.2) is 110 Å². The normalized spacial score (nSPS) is 41.2. The lowest BCUT2D eigenvalue weighted by molar-refractivity contribution is -0.352. The Hall–Kier alpha value is -1.38. The van der Waals surface area contributed by atoms with Crippen LogP contribution in [0.25, 0.3) is 0 Å². The molecule has 11 nitrogen and oxygen atoms in total. The molecule has 10 unspecified atom stereocenters. The lowest BCUT2D eigenvalue weighted by atomic mass is 9.97. The quantitative estimate of drug-likeness (QED) is 0.231. The molecule has 0 saturated carbocycles. The van der Waals surface area contributed by atoms with Crippen molar-refractivity contribution in [1.82, 2.24) is 0 Å². The number of ether oxygens (including phenoxy) is 4. The van der Waals surface area contributed by atoms with Gasteiger partial charge in [-0.2, -0.15) is 0 Å². The molecule has 2 heterocycles. The van der Waals surface area contributed by atoms with Gasteiger partial charge in [0.05, 0.1) is 13.2 Å². The number of benzene rings is 1. The summed E-state index contributed by atoms with van der Waals surface area (Å²) >= 11 is 0. The van der Waals surface area contributed by atoms with Crippen molar-refractivity contribution in [1.29, 1.82) is 0 Å². The highest BCUT2D eigenvalue weighted by molar-refractivity contribution is 5.27. The highest BCUT2D eigenvalue weighted by atomic mass is 16.7.